The summed E-state index contributed by atoms with van der Waals surface area (Å²) in [5.41, 5.74) is 4.26. The van der Waals surface area contributed by atoms with E-state index in [2.05, 4.69) is 34.5 Å². The summed E-state index contributed by atoms with van der Waals surface area (Å²) in [4.78, 5) is 14.1. The van der Waals surface area contributed by atoms with Gasteiger partial charge in [0.05, 0.1) is 5.02 Å². The predicted molar refractivity (Wildman–Crippen MR) is 110 cm³/mol. The van der Waals surface area contributed by atoms with Gasteiger partial charge in [-0.25, -0.2) is 4.79 Å². The SMILES string of the molecule is CCc1cc(-c2ccc(N(C)C)cc2)c(Cl)cc1NC(=O)OC(C)(C)C. The van der Waals surface area contributed by atoms with Gasteiger partial charge in [0.25, 0.3) is 0 Å². The third-order valence-electron chi connectivity index (χ3n) is 3.90. The van der Waals surface area contributed by atoms with E-state index in [1.54, 1.807) is 6.07 Å². The van der Waals surface area contributed by atoms with E-state index in [-0.39, 0.29) is 0 Å². The van der Waals surface area contributed by atoms with Gasteiger partial charge in [-0.05, 0) is 62.6 Å². The maximum absolute atomic E-state index is 12.1. The molecule has 5 heteroatoms. The number of carbonyl (C=O) groups is 1. The van der Waals surface area contributed by atoms with Gasteiger partial charge in [-0.3, -0.25) is 5.32 Å². The van der Waals surface area contributed by atoms with Crippen LogP contribution in [0.1, 0.15) is 33.3 Å². The lowest BCUT2D eigenvalue weighted by atomic mass is 10.00. The number of hydrogen-bond donors (Lipinski definition) is 1. The lowest BCUT2D eigenvalue weighted by Gasteiger charge is -2.21. The topological polar surface area (TPSA) is 41.6 Å². The molecule has 0 fully saturated rings. The number of rotatable bonds is 4. The van der Waals surface area contributed by atoms with Gasteiger partial charge >= 0.3 is 6.09 Å². The maximum Gasteiger partial charge on any atom is 0.412 e. The van der Waals surface area contributed by atoms with Crippen molar-refractivity contribution in [1.29, 1.82) is 0 Å². The van der Waals surface area contributed by atoms with E-state index in [1.165, 1.54) is 0 Å². The van der Waals surface area contributed by atoms with Crippen LogP contribution in [0.4, 0.5) is 16.2 Å². The largest absolute Gasteiger partial charge is 0.444 e. The minimum Gasteiger partial charge on any atom is -0.444 e. The molecule has 0 aromatic heterocycles. The van der Waals surface area contributed by atoms with Crippen molar-refractivity contribution in [2.24, 2.45) is 0 Å². The van der Waals surface area contributed by atoms with Gasteiger partial charge < -0.3 is 9.64 Å². The average Bonchev–Trinajstić information content (AvgIpc) is 2.53. The number of hydrogen-bond acceptors (Lipinski definition) is 3. The first-order chi connectivity index (χ1) is 12.1. The molecule has 26 heavy (non-hydrogen) atoms. The smallest absolute Gasteiger partial charge is 0.412 e. The molecule has 0 radical (unpaired) electrons. The Morgan fingerprint density at radius 2 is 1.77 bits per heavy atom. The highest BCUT2D eigenvalue weighted by atomic mass is 35.5. The minimum absolute atomic E-state index is 0.480. The van der Waals surface area contributed by atoms with Crippen LogP contribution in [0.3, 0.4) is 0 Å². The highest BCUT2D eigenvalue weighted by molar-refractivity contribution is 6.33. The molecule has 0 spiro atoms. The first kappa shape index (κ1) is 20.1. The molecule has 0 aliphatic heterocycles. The Labute approximate surface area is 161 Å². The van der Waals surface area contributed by atoms with Gasteiger partial charge in [0.2, 0.25) is 0 Å². The number of carbonyl (C=O) groups excluding carboxylic acids is 1. The summed E-state index contributed by atoms with van der Waals surface area (Å²) in [5, 5.41) is 3.40. The fraction of sp³-hybridized carbons (Fsp3) is 0.381. The summed E-state index contributed by atoms with van der Waals surface area (Å²) in [6.45, 7) is 7.55. The van der Waals surface area contributed by atoms with Crippen molar-refractivity contribution < 1.29 is 9.53 Å². The molecule has 1 N–H and O–H groups in total. The summed E-state index contributed by atoms with van der Waals surface area (Å²) in [5.74, 6) is 0. The monoisotopic (exact) mass is 374 g/mol. The second-order valence-corrected chi connectivity index (χ2v) is 7.82. The molecular formula is C21H27ClN2O2. The molecule has 0 bridgehead atoms. The molecule has 140 valence electrons. The molecule has 2 aromatic carbocycles. The molecule has 0 atom stereocenters. The average molecular weight is 375 g/mol. The van der Waals surface area contributed by atoms with Gasteiger partial charge in [0.15, 0.2) is 0 Å². The molecule has 4 nitrogen and oxygen atoms in total. The van der Waals surface area contributed by atoms with Gasteiger partial charge in [-0.15, -0.1) is 0 Å². The van der Waals surface area contributed by atoms with Gasteiger partial charge in [-0.1, -0.05) is 30.7 Å². The van der Waals surface area contributed by atoms with Crippen LogP contribution >= 0.6 is 11.6 Å². The zero-order chi connectivity index (χ0) is 19.5. The van der Waals surface area contributed by atoms with E-state index >= 15 is 0 Å². The van der Waals surface area contributed by atoms with Gasteiger partial charge in [0, 0.05) is 31.0 Å². The Morgan fingerprint density at radius 1 is 1.15 bits per heavy atom. The fourth-order valence-corrected chi connectivity index (χ4v) is 2.87. The Morgan fingerprint density at radius 3 is 2.27 bits per heavy atom. The predicted octanol–water partition coefficient (Wildman–Crippen LogP) is 5.98. The first-order valence-corrected chi connectivity index (χ1v) is 9.08. The molecular weight excluding hydrogens is 348 g/mol. The molecule has 0 heterocycles. The van der Waals surface area contributed by atoms with E-state index in [1.807, 2.05) is 47.9 Å². The van der Waals surface area contributed by atoms with Crippen LogP contribution in [0.15, 0.2) is 36.4 Å². The molecule has 0 aliphatic rings. The van der Waals surface area contributed by atoms with Crippen LogP contribution in [0, 0.1) is 0 Å². The summed E-state index contributed by atoms with van der Waals surface area (Å²) in [6, 6.07) is 12.0. The van der Waals surface area contributed by atoms with E-state index in [4.69, 9.17) is 16.3 Å². The van der Waals surface area contributed by atoms with Crippen LogP contribution in [0.25, 0.3) is 11.1 Å². The lowest BCUT2D eigenvalue weighted by molar-refractivity contribution is 0.0636. The van der Waals surface area contributed by atoms with Crippen molar-refractivity contribution in [2.45, 2.75) is 39.7 Å². The second-order valence-electron chi connectivity index (χ2n) is 7.41. The fourth-order valence-electron chi connectivity index (χ4n) is 2.60. The third-order valence-corrected chi connectivity index (χ3v) is 4.22. The number of nitrogens with zero attached hydrogens (tertiary/aromatic N) is 1. The molecule has 1 amide bonds. The Kier molecular flexibility index (Phi) is 6.19. The van der Waals surface area contributed by atoms with Crippen molar-refractivity contribution in [3.8, 4) is 11.1 Å². The van der Waals surface area contributed by atoms with Crippen LogP contribution in [0.5, 0.6) is 0 Å². The quantitative estimate of drug-likeness (QED) is 0.715. The van der Waals surface area contributed by atoms with Gasteiger partial charge in [-0.2, -0.15) is 0 Å². The number of benzene rings is 2. The summed E-state index contributed by atoms with van der Waals surface area (Å²) in [7, 11) is 4.02. The van der Waals surface area contributed by atoms with Gasteiger partial charge in [0.1, 0.15) is 5.60 Å². The number of halogens is 1. The normalized spacial score (nSPS) is 11.2. The molecule has 0 saturated heterocycles. The van der Waals surface area contributed by atoms with E-state index in [0.29, 0.717) is 10.7 Å². The maximum atomic E-state index is 12.1. The first-order valence-electron chi connectivity index (χ1n) is 8.71. The van der Waals surface area contributed by atoms with Crippen molar-refractivity contribution in [1.82, 2.24) is 0 Å². The molecule has 0 unspecified atom stereocenters. The van der Waals surface area contributed by atoms with Crippen molar-refractivity contribution in [3.63, 3.8) is 0 Å². The highest BCUT2D eigenvalue weighted by Gasteiger charge is 2.18. The molecule has 2 rings (SSSR count). The number of anilines is 2. The van der Waals surface area contributed by atoms with Crippen LogP contribution in [-0.2, 0) is 11.2 Å². The molecule has 0 saturated carbocycles. The Hall–Kier alpha value is -2.20. The number of amides is 1. The summed E-state index contributed by atoms with van der Waals surface area (Å²) >= 11 is 6.51. The van der Waals surface area contributed by atoms with Crippen molar-refractivity contribution >= 4 is 29.1 Å². The minimum atomic E-state index is -0.547. The number of aryl methyl sites for hydroxylation is 1. The Balaban J connectivity index is 2.32. The standard InChI is InChI=1S/C21H27ClN2O2/c1-7-14-12-17(15-8-10-16(11-9-15)24(5)6)18(22)13-19(14)23-20(25)26-21(2,3)4/h8-13H,7H2,1-6H3,(H,23,25). The van der Waals surface area contributed by atoms with Crippen molar-refractivity contribution in [3.05, 3.63) is 47.0 Å². The van der Waals surface area contributed by atoms with Crippen molar-refractivity contribution in [2.75, 3.05) is 24.3 Å². The Bertz CT molecular complexity index is 778. The lowest BCUT2D eigenvalue weighted by Crippen LogP contribution is -2.27. The molecule has 2 aromatic rings. The van der Waals surface area contributed by atoms with Crippen LogP contribution in [0.2, 0.25) is 5.02 Å². The number of ether oxygens (including phenoxy) is 1. The third kappa shape index (κ3) is 5.15. The summed E-state index contributed by atoms with van der Waals surface area (Å²) in [6.07, 6.45) is 0.289. The van der Waals surface area contributed by atoms with Crippen LogP contribution < -0.4 is 10.2 Å². The summed E-state index contributed by atoms with van der Waals surface area (Å²) < 4.78 is 5.33. The zero-order valence-electron chi connectivity index (χ0n) is 16.3. The van der Waals surface area contributed by atoms with E-state index < -0.39 is 11.7 Å². The number of nitrogens with one attached hydrogen (secondary N) is 1. The zero-order valence-corrected chi connectivity index (χ0v) is 17.1. The van der Waals surface area contributed by atoms with E-state index in [9.17, 15) is 4.79 Å². The second kappa shape index (κ2) is 8.00. The van der Waals surface area contributed by atoms with E-state index in [0.717, 1.165) is 28.8 Å². The van der Waals surface area contributed by atoms with Crippen LogP contribution in [-0.4, -0.2) is 25.8 Å². The molecule has 0 aliphatic carbocycles. The highest BCUT2D eigenvalue weighted by Crippen LogP contribution is 2.34.